The van der Waals surface area contributed by atoms with E-state index in [0.717, 1.165) is 38.9 Å². The summed E-state index contributed by atoms with van der Waals surface area (Å²) in [5.74, 6) is -0.292. The Morgan fingerprint density at radius 3 is 2.78 bits per heavy atom. The molecule has 0 aromatic heterocycles. The average Bonchev–Trinajstić information content (AvgIpc) is 2.40. The third-order valence-electron chi connectivity index (χ3n) is 3.45. The third kappa shape index (κ3) is 3.15. The van der Waals surface area contributed by atoms with Crippen LogP contribution in [0.25, 0.3) is 0 Å². The molecule has 1 N–H and O–H groups in total. The zero-order valence-corrected chi connectivity index (χ0v) is 11.5. The van der Waals surface area contributed by atoms with Gasteiger partial charge >= 0.3 is 0 Å². The number of rotatable bonds is 4. The minimum Gasteiger partial charge on any atom is -0.369 e. The summed E-state index contributed by atoms with van der Waals surface area (Å²) in [6.07, 6.45) is 3.28. The molecule has 1 aromatic carbocycles. The highest BCUT2D eigenvalue weighted by molar-refractivity contribution is 6.31. The molecule has 1 heterocycles. The van der Waals surface area contributed by atoms with Crippen molar-refractivity contribution in [1.29, 1.82) is 0 Å². The van der Waals surface area contributed by atoms with Crippen LogP contribution in [0.1, 0.15) is 26.2 Å². The number of hydrogen-bond donors (Lipinski definition) is 1. The molecule has 2 nitrogen and oxygen atoms in total. The van der Waals surface area contributed by atoms with Gasteiger partial charge in [-0.1, -0.05) is 24.6 Å². The van der Waals surface area contributed by atoms with Crippen LogP contribution in [0.4, 0.5) is 10.1 Å². The summed E-state index contributed by atoms with van der Waals surface area (Å²) < 4.78 is 13.9. The van der Waals surface area contributed by atoms with Gasteiger partial charge in [-0.15, -0.1) is 0 Å². The first-order chi connectivity index (χ1) is 8.72. The first-order valence-corrected chi connectivity index (χ1v) is 7.02. The summed E-state index contributed by atoms with van der Waals surface area (Å²) >= 11 is 5.82. The van der Waals surface area contributed by atoms with Gasteiger partial charge in [0.05, 0.1) is 10.7 Å². The minimum absolute atomic E-state index is 0.207. The van der Waals surface area contributed by atoms with Gasteiger partial charge in [0, 0.05) is 19.1 Å². The summed E-state index contributed by atoms with van der Waals surface area (Å²) in [5.41, 5.74) is 0.636. The van der Waals surface area contributed by atoms with Gasteiger partial charge in [0.25, 0.3) is 0 Å². The Labute approximate surface area is 113 Å². The Kier molecular flexibility index (Phi) is 4.84. The second kappa shape index (κ2) is 6.39. The molecule has 0 spiro atoms. The molecule has 0 unspecified atom stereocenters. The number of anilines is 1. The predicted molar refractivity (Wildman–Crippen MR) is 74.9 cm³/mol. The van der Waals surface area contributed by atoms with Crippen molar-refractivity contribution in [2.45, 2.75) is 32.2 Å². The molecule has 1 aliphatic rings. The van der Waals surface area contributed by atoms with Crippen LogP contribution in [0.3, 0.4) is 0 Å². The van der Waals surface area contributed by atoms with Crippen LogP contribution in [0.2, 0.25) is 5.02 Å². The molecule has 0 saturated carbocycles. The molecule has 0 atom stereocenters. The van der Waals surface area contributed by atoms with Crippen LogP contribution in [0.15, 0.2) is 18.2 Å². The normalized spacial score (nSPS) is 17.2. The van der Waals surface area contributed by atoms with Crippen molar-refractivity contribution in [1.82, 2.24) is 5.32 Å². The fourth-order valence-corrected chi connectivity index (χ4v) is 2.58. The van der Waals surface area contributed by atoms with E-state index >= 15 is 0 Å². The van der Waals surface area contributed by atoms with Crippen LogP contribution in [0, 0.1) is 5.82 Å². The van der Waals surface area contributed by atoms with Crippen LogP contribution >= 0.6 is 11.6 Å². The number of piperidine rings is 1. The van der Waals surface area contributed by atoms with Crippen molar-refractivity contribution >= 4 is 17.3 Å². The molecule has 1 aliphatic heterocycles. The van der Waals surface area contributed by atoms with Crippen LogP contribution in [-0.4, -0.2) is 25.7 Å². The molecule has 0 aliphatic carbocycles. The maximum absolute atomic E-state index is 13.9. The lowest BCUT2D eigenvalue weighted by Gasteiger charge is -2.34. The number of hydrogen-bond acceptors (Lipinski definition) is 2. The van der Waals surface area contributed by atoms with Crippen molar-refractivity contribution in [2.24, 2.45) is 0 Å². The van der Waals surface area contributed by atoms with E-state index in [1.807, 2.05) is 6.07 Å². The van der Waals surface area contributed by atoms with E-state index in [0.29, 0.717) is 11.7 Å². The highest BCUT2D eigenvalue weighted by Crippen LogP contribution is 2.27. The summed E-state index contributed by atoms with van der Waals surface area (Å²) in [4.78, 5) is 2.09. The Morgan fingerprint density at radius 1 is 1.39 bits per heavy atom. The van der Waals surface area contributed by atoms with Crippen molar-refractivity contribution < 1.29 is 4.39 Å². The molecule has 0 radical (unpaired) electrons. The standard InChI is InChI=1S/C14H20ClFN2/c1-2-8-17-11-6-9-18(10-7-11)13-5-3-4-12(15)14(13)16/h3-5,11,17H,2,6-10H2,1H3. The monoisotopic (exact) mass is 270 g/mol. The molecule has 0 bridgehead atoms. The van der Waals surface area contributed by atoms with E-state index in [4.69, 9.17) is 11.6 Å². The first kappa shape index (κ1) is 13.6. The fraction of sp³-hybridized carbons (Fsp3) is 0.571. The number of benzene rings is 1. The molecular formula is C14H20ClFN2. The van der Waals surface area contributed by atoms with Crippen molar-refractivity contribution in [2.75, 3.05) is 24.5 Å². The molecule has 1 aromatic rings. The summed E-state index contributed by atoms with van der Waals surface area (Å²) in [6, 6.07) is 5.78. The molecule has 0 amide bonds. The van der Waals surface area contributed by atoms with Gasteiger partial charge in [-0.05, 0) is 37.9 Å². The van der Waals surface area contributed by atoms with E-state index in [-0.39, 0.29) is 10.8 Å². The van der Waals surface area contributed by atoms with Gasteiger partial charge in [-0.2, -0.15) is 0 Å². The maximum atomic E-state index is 13.9. The van der Waals surface area contributed by atoms with Crippen LogP contribution < -0.4 is 10.2 Å². The second-order valence-electron chi connectivity index (χ2n) is 4.79. The summed E-state index contributed by atoms with van der Waals surface area (Å²) in [6.45, 7) is 5.01. The zero-order valence-electron chi connectivity index (χ0n) is 10.8. The van der Waals surface area contributed by atoms with Crippen LogP contribution in [-0.2, 0) is 0 Å². The quantitative estimate of drug-likeness (QED) is 0.902. The fourth-order valence-electron chi connectivity index (χ4n) is 2.41. The summed E-state index contributed by atoms with van der Waals surface area (Å²) in [7, 11) is 0. The topological polar surface area (TPSA) is 15.3 Å². The number of nitrogens with one attached hydrogen (secondary N) is 1. The summed E-state index contributed by atoms with van der Waals surface area (Å²) in [5, 5.41) is 3.73. The van der Waals surface area contributed by atoms with Gasteiger partial charge < -0.3 is 10.2 Å². The van der Waals surface area contributed by atoms with E-state index in [1.54, 1.807) is 12.1 Å². The smallest absolute Gasteiger partial charge is 0.165 e. The predicted octanol–water partition coefficient (Wildman–Crippen LogP) is 3.45. The van der Waals surface area contributed by atoms with Crippen molar-refractivity contribution in [3.05, 3.63) is 29.0 Å². The molecule has 1 saturated heterocycles. The highest BCUT2D eigenvalue weighted by Gasteiger charge is 2.21. The average molecular weight is 271 g/mol. The van der Waals surface area contributed by atoms with Gasteiger partial charge in [0.1, 0.15) is 0 Å². The largest absolute Gasteiger partial charge is 0.369 e. The van der Waals surface area contributed by atoms with E-state index < -0.39 is 0 Å². The zero-order chi connectivity index (χ0) is 13.0. The van der Waals surface area contributed by atoms with E-state index in [1.165, 1.54) is 0 Å². The lowest BCUT2D eigenvalue weighted by molar-refractivity contribution is 0.413. The molecule has 2 rings (SSSR count). The Hall–Kier alpha value is -0.800. The Bertz CT molecular complexity index is 389. The van der Waals surface area contributed by atoms with Gasteiger partial charge in [-0.3, -0.25) is 0 Å². The third-order valence-corrected chi connectivity index (χ3v) is 3.74. The van der Waals surface area contributed by atoms with E-state index in [9.17, 15) is 4.39 Å². The first-order valence-electron chi connectivity index (χ1n) is 6.64. The minimum atomic E-state index is -0.292. The van der Waals surface area contributed by atoms with Gasteiger partial charge in [0.2, 0.25) is 0 Å². The van der Waals surface area contributed by atoms with Gasteiger partial charge in [-0.25, -0.2) is 4.39 Å². The lowest BCUT2D eigenvalue weighted by Crippen LogP contribution is -2.43. The van der Waals surface area contributed by atoms with Gasteiger partial charge in [0.15, 0.2) is 5.82 Å². The highest BCUT2D eigenvalue weighted by atomic mass is 35.5. The Morgan fingerprint density at radius 2 is 2.11 bits per heavy atom. The van der Waals surface area contributed by atoms with E-state index in [2.05, 4.69) is 17.1 Å². The number of nitrogens with zero attached hydrogens (tertiary/aromatic N) is 1. The molecular weight excluding hydrogens is 251 g/mol. The number of halogens is 2. The second-order valence-corrected chi connectivity index (χ2v) is 5.20. The lowest BCUT2D eigenvalue weighted by atomic mass is 10.0. The molecule has 4 heteroatoms. The van der Waals surface area contributed by atoms with Crippen LogP contribution in [0.5, 0.6) is 0 Å². The van der Waals surface area contributed by atoms with Crippen molar-refractivity contribution in [3.63, 3.8) is 0 Å². The molecule has 18 heavy (non-hydrogen) atoms. The van der Waals surface area contributed by atoms with Crippen molar-refractivity contribution in [3.8, 4) is 0 Å². The molecule has 1 fully saturated rings. The maximum Gasteiger partial charge on any atom is 0.165 e. The SMILES string of the molecule is CCCNC1CCN(c2cccc(Cl)c2F)CC1. The Balaban J connectivity index is 1.95. The molecule has 100 valence electrons.